The first-order valence-corrected chi connectivity index (χ1v) is 5.79. The van der Waals surface area contributed by atoms with Gasteiger partial charge in [0.2, 0.25) is 0 Å². The van der Waals surface area contributed by atoms with Gasteiger partial charge in [0, 0.05) is 13.1 Å². The van der Waals surface area contributed by atoms with Crippen LogP contribution in [-0.4, -0.2) is 36.1 Å². The quantitative estimate of drug-likeness (QED) is 0.716. The molecule has 1 aromatic rings. The van der Waals surface area contributed by atoms with Gasteiger partial charge in [-0.3, -0.25) is 4.79 Å². The van der Waals surface area contributed by atoms with Crippen molar-refractivity contribution in [2.24, 2.45) is 5.92 Å². The second-order valence-corrected chi connectivity index (χ2v) is 4.18. The number of carbonyl (C=O) groups is 1. The first kappa shape index (κ1) is 12.3. The maximum absolute atomic E-state index is 11.5. The van der Waals surface area contributed by atoms with Gasteiger partial charge in [0.1, 0.15) is 11.9 Å². The number of aromatic nitrogens is 2. The maximum Gasteiger partial charge on any atom is 0.310 e. The van der Waals surface area contributed by atoms with Crippen LogP contribution in [0.15, 0.2) is 12.4 Å². The van der Waals surface area contributed by atoms with Crippen LogP contribution in [0.1, 0.15) is 18.5 Å². The van der Waals surface area contributed by atoms with Crippen LogP contribution in [0, 0.1) is 17.2 Å². The highest BCUT2D eigenvalue weighted by Gasteiger charge is 2.27. The van der Waals surface area contributed by atoms with Crippen LogP contribution in [0.2, 0.25) is 0 Å². The standard InChI is InChI=1S/C12H14N4O2/c1-18-12(17)9-3-2-4-16(8-9)11-7-14-10(5-13)6-15-11/h6-7,9H,2-4,8H2,1H3. The summed E-state index contributed by atoms with van der Waals surface area (Å²) in [6, 6.07) is 1.93. The summed E-state index contributed by atoms with van der Waals surface area (Å²) in [6.07, 6.45) is 4.77. The van der Waals surface area contributed by atoms with Gasteiger partial charge in [-0.2, -0.15) is 5.26 Å². The summed E-state index contributed by atoms with van der Waals surface area (Å²) in [7, 11) is 1.41. The average molecular weight is 246 g/mol. The second-order valence-electron chi connectivity index (χ2n) is 4.18. The lowest BCUT2D eigenvalue weighted by molar-refractivity contribution is -0.145. The molecule has 0 spiro atoms. The minimum absolute atomic E-state index is 0.110. The highest BCUT2D eigenvalue weighted by molar-refractivity contribution is 5.73. The SMILES string of the molecule is COC(=O)C1CCCN(c2cnc(C#N)cn2)C1. The van der Waals surface area contributed by atoms with Crippen LogP contribution in [0.25, 0.3) is 0 Å². The van der Waals surface area contributed by atoms with Gasteiger partial charge < -0.3 is 9.64 Å². The number of methoxy groups -OCH3 is 1. The van der Waals surface area contributed by atoms with Crippen molar-refractivity contribution in [3.63, 3.8) is 0 Å². The zero-order valence-corrected chi connectivity index (χ0v) is 10.2. The molecule has 2 heterocycles. The summed E-state index contributed by atoms with van der Waals surface area (Å²) in [6.45, 7) is 1.43. The van der Waals surface area contributed by atoms with E-state index in [0.717, 1.165) is 19.4 Å². The van der Waals surface area contributed by atoms with Crippen LogP contribution >= 0.6 is 0 Å². The molecule has 1 unspecified atom stereocenters. The van der Waals surface area contributed by atoms with E-state index in [4.69, 9.17) is 10.00 Å². The molecule has 6 nitrogen and oxygen atoms in total. The Morgan fingerprint density at radius 3 is 3.00 bits per heavy atom. The molecule has 1 saturated heterocycles. The third-order valence-corrected chi connectivity index (χ3v) is 3.03. The van der Waals surface area contributed by atoms with Gasteiger partial charge in [0.25, 0.3) is 0 Å². The van der Waals surface area contributed by atoms with Crippen molar-refractivity contribution in [2.45, 2.75) is 12.8 Å². The molecule has 0 aromatic carbocycles. The Hall–Kier alpha value is -2.16. The molecular weight excluding hydrogens is 232 g/mol. The minimum atomic E-state index is -0.179. The minimum Gasteiger partial charge on any atom is -0.469 e. The number of hydrogen-bond donors (Lipinski definition) is 0. The van der Waals surface area contributed by atoms with Gasteiger partial charge >= 0.3 is 5.97 Å². The van der Waals surface area contributed by atoms with E-state index < -0.39 is 0 Å². The van der Waals surface area contributed by atoms with Gasteiger partial charge in [0.05, 0.1) is 25.4 Å². The Labute approximate surface area is 105 Å². The summed E-state index contributed by atoms with van der Waals surface area (Å²) < 4.78 is 4.77. The van der Waals surface area contributed by atoms with Crippen molar-refractivity contribution in [3.05, 3.63) is 18.1 Å². The highest BCUT2D eigenvalue weighted by atomic mass is 16.5. The molecule has 1 atom stereocenters. The molecule has 1 aromatic heterocycles. The van der Waals surface area contributed by atoms with E-state index in [0.29, 0.717) is 18.1 Å². The number of carbonyl (C=O) groups excluding carboxylic acids is 1. The summed E-state index contributed by atoms with van der Waals surface area (Å²) in [5, 5.41) is 8.66. The number of nitriles is 1. The Morgan fingerprint density at radius 1 is 1.56 bits per heavy atom. The number of nitrogens with zero attached hydrogens (tertiary/aromatic N) is 4. The Balaban J connectivity index is 2.08. The van der Waals surface area contributed by atoms with Crippen LogP contribution in [0.5, 0.6) is 0 Å². The van der Waals surface area contributed by atoms with Gasteiger partial charge in [-0.25, -0.2) is 9.97 Å². The lowest BCUT2D eigenvalue weighted by atomic mass is 9.98. The molecule has 1 fully saturated rings. The number of ether oxygens (including phenoxy) is 1. The lowest BCUT2D eigenvalue weighted by Gasteiger charge is -2.31. The number of hydrogen-bond acceptors (Lipinski definition) is 6. The maximum atomic E-state index is 11.5. The van der Waals surface area contributed by atoms with E-state index in [2.05, 4.69) is 9.97 Å². The third-order valence-electron chi connectivity index (χ3n) is 3.03. The van der Waals surface area contributed by atoms with Crippen molar-refractivity contribution < 1.29 is 9.53 Å². The number of rotatable bonds is 2. The van der Waals surface area contributed by atoms with Crippen LogP contribution in [0.4, 0.5) is 5.82 Å². The molecule has 0 bridgehead atoms. The summed E-state index contributed by atoms with van der Waals surface area (Å²) >= 11 is 0. The number of anilines is 1. The summed E-state index contributed by atoms with van der Waals surface area (Å²) in [4.78, 5) is 21.7. The molecule has 1 aliphatic heterocycles. The molecule has 94 valence electrons. The Morgan fingerprint density at radius 2 is 2.39 bits per heavy atom. The van der Waals surface area contributed by atoms with E-state index in [1.165, 1.54) is 13.3 Å². The molecule has 1 aliphatic rings. The van der Waals surface area contributed by atoms with Gasteiger partial charge in [-0.05, 0) is 12.8 Å². The molecule has 6 heteroatoms. The molecule has 0 N–H and O–H groups in total. The van der Waals surface area contributed by atoms with E-state index in [1.807, 2.05) is 11.0 Å². The number of piperidine rings is 1. The molecule has 2 rings (SSSR count). The van der Waals surface area contributed by atoms with Gasteiger partial charge in [-0.15, -0.1) is 0 Å². The fourth-order valence-corrected chi connectivity index (χ4v) is 2.09. The predicted molar refractivity (Wildman–Crippen MR) is 63.7 cm³/mol. The fourth-order valence-electron chi connectivity index (χ4n) is 2.09. The average Bonchev–Trinajstić information content (AvgIpc) is 2.46. The second kappa shape index (κ2) is 5.45. The monoisotopic (exact) mass is 246 g/mol. The van der Waals surface area contributed by atoms with E-state index in [9.17, 15) is 4.79 Å². The Kier molecular flexibility index (Phi) is 3.72. The zero-order valence-electron chi connectivity index (χ0n) is 10.2. The summed E-state index contributed by atoms with van der Waals surface area (Å²) in [5.74, 6) is 0.408. The van der Waals surface area contributed by atoms with Crippen LogP contribution in [-0.2, 0) is 9.53 Å². The molecule has 0 saturated carbocycles. The zero-order chi connectivity index (χ0) is 13.0. The van der Waals surface area contributed by atoms with E-state index in [-0.39, 0.29) is 11.9 Å². The summed E-state index contributed by atoms with van der Waals surface area (Å²) in [5.41, 5.74) is 0.292. The van der Waals surface area contributed by atoms with Gasteiger partial charge in [0.15, 0.2) is 5.69 Å². The van der Waals surface area contributed by atoms with Crippen LogP contribution in [0.3, 0.4) is 0 Å². The molecular formula is C12H14N4O2. The topological polar surface area (TPSA) is 79.1 Å². The molecule has 18 heavy (non-hydrogen) atoms. The first-order valence-electron chi connectivity index (χ1n) is 5.79. The largest absolute Gasteiger partial charge is 0.469 e. The highest BCUT2D eigenvalue weighted by Crippen LogP contribution is 2.21. The lowest BCUT2D eigenvalue weighted by Crippen LogP contribution is -2.39. The third kappa shape index (κ3) is 2.56. The normalized spacial score (nSPS) is 19.1. The smallest absolute Gasteiger partial charge is 0.310 e. The van der Waals surface area contributed by atoms with Crippen molar-refractivity contribution in [1.82, 2.24) is 9.97 Å². The van der Waals surface area contributed by atoms with E-state index in [1.54, 1.807) is 6.20 Å². The van der Waals surface area contributed by atoms with Crippen molar-refractivity contribution in [3.8, 4) is 6.07 Å². The van der Waals surface area contributed by atoms with E-state index >= 15 is 0 Å². The van der Waals surface area contributed by atoms with Gasteiger partial charge in [-0.1, -0.05) is 0 Å². The first-order chi connectivity index (χ1) is 8.74. The Bertz CT molecular complexity index is 466. The van der Waals surface area contributed by atoms with Crippen molar-refractivity contribution in [1.29, 1.82) is 5.26 Å². The van der Waals surface area contributed by atoms with Crippen LogP contribution < -0.4 is 4.90 Å². The van der Waals surface area contributed by atoms with Crippen molar-refractivity contribution in [2.75, 3.05) is 25.1 Å². The fraction of sp³-hybridized carbons (Fsp3) is 0.500. The predicted octanol–water partition coefficient (Wildman–Crippen LogP) is 0.738. The molecule has 0 amide bonds. The number of esters is 1. The molecule has 0 radical (unpaired) electrons. The van der Waals surface area contributed by atoms with Crippen molar-refractivity contribution >= 4 is 11.8 Å². The molecule has 0 aliphatic carbocycles.